The van der Waals surface area contributed by atoms with Gasteiger partial charge in [0.2, 0.25) is 5.89 Å². The first kappa shape index (κ1) is 17.5. The van der Waals surface area contributed by atoms with Crippen molar-refractivity contribution in [3.05, 3.63) is 47.1 Å². The molecule has 0 saturated heterocycles. The van der Waals surface area contributed by atoms with Crippen LogP contribution in [-0.2, 0) is 19.0 Å². The van der Waals surface area contributed by atoms with Gasteiger partial charge in [-0.15, -0.1) is 0 Å². The van der Waals surface area contributed by atoms with Gasteiger partial charge in [0, 0.05) is 18.4 Å². The molecule has 1 heterocycles. The maximum Gasteiger partial charge on any atom is 0.416 e. The molecule has 1 aromatic carbocycles. The molecule has 0 aliphatic heterocycles. The average molecular weight is 327 g/mol. The molecule has 2 unspecified atom stereocenters. The molecule has 1 N–H and O–H groups in total. The van der Waals surface area contributed by atoms with E-state index in [1.54, 1.807) is 0 Å². The first-order valence-electron chi connectivity index (χ1n) is 7.45. The van der Waals surface area contributed by atoms with Gasteiger partial charge < -0.3 is 9.84 Å². The van der Waals surface area contributed by atoms with Gasteiger partial charge >= 0.3 is 6.18 Å². The van der Waals surface area contributed by atoms with Crippen LogP contribution in [0.1, 0.15) is 42.6 Å². The van der Waals surface area contributed by atoms with Crippen LogP contribution < -0.4 is 5.32 Å². The van der Waals surface area contributed by atoms with Crippen molar-refractivity contribution < 1.29 is 17.7 Å². The number of nitrogens with one attached hydrogen (secondary N) is 1. The summed E-state index contributed by atoms with van der Waals surface area (Å²) in [5.41, 5.74) is 0.156. The summed E-state index contributed by atoms with van der Waals surface area (Å²) in [7, 11) is 1.86. The number of benzene rings is 1. The average Bonchev–Trinajstić information content (AvgIpc) is 2.95. The lowest BCUT2D eigenvalue weighted by molar-refractivity contribution is -0.137. The largest absolute Gasteiger partial charge is 0.416 e. The second kappa shape index (κ2) is 7.12. The fraction of sp³-hybridized carbons (Fsp3) is 0.500. The maximum atomic E-state index is 12.5. The predicted molar refractivity (Wildman–Crippen MR) is 80.1 cm³/mol. The van der Waals surface area contributed by atoms with Gasteiger partial charge in [-0.1, -0.05) is 24.2 Å². The van der Waals surface area contributed by atoms with Crippen LogP contribution in [0.4, 0.5) is 13.2 Å². The zero-order chi connectivity index (χ0) is 17.0. The van der Waals surface area contributed by atoms with E-state index in [0.29, 0.717) is 24.6 Å². The minimum absolute atomic E-state index is 0.0575. The van der Waals surface area contributed by atoms with Crippen molar-refractivity contribution in [3.63, 3.8) is 0 Å². The van der Waals surface area contributed by atoms with Gasteiger partial charge in [-0.3, -0.25) is 0 Å². The van der Waals surface area contributed by atoms with E-state index in [4.69, 9.17) is 4.52 Å². The number of nitrogens with zero attached hydrogens (tertiary/aromatic N) is 2. The molecule has 0 aliphatic carbocycles. The normalized spacial score (nSPS) is 14.7. The Morgan fingerprint density at radius 3 is 2.35 bits per heavy atom. The van der Waals surface area contributed by atoms with Crippen LogP contribution in [0, 0.1) is 0 Å². The molecule has 0 fully saturated rings. The fourth-order valence-electron chi connectivity index (χ4n) is 2.20. The smallest absolute Gasteiger partial charge is 0.339 e. The van der Waals surface area contributed by atoms with E-state index in [1.165, 1.54) is 12.1 Å². The fourth-order valence-corrected chi connectivity index (χ4v) is 2.20. The summed E-state index contributed by atoms with van der Waals surface area (Å²) >= 11 is 0. The highest BCUT2D eigenvalue weighted by Gasteiger charge is 2.30. The molecule has 4 nitrogen and oxygen atoms in total. The van der Waals surface area contributed by atoms with E-state index in [2.05, 4.69) is 15.5 Å². The minimum atomic E-state index is -4.31. The van der Waals surface area contributed by atoms with E-state index in [-0.39, 0.29) is 12.0 Å². The standard InChI is InChI=1S/C16H20F3N3O/c1-10(15-21-14(22-23-15)9-11(2)20-3)8-12-4-6-13(7-5-12)16(17,18)19/h4-7,10-11,20H,8-9H2,1-3H3. The Kier molecular flexibility index (Phi) is 5.41. The van der Waals surface area contributed by atoms with Crippen LogP contribution in [-0.4, -0.2) is 23.2 Å². The van der Waals surface area contributed by atoms with Crippen LogP contribution in [0.25, 0.3) is 0 Å². The molecule has 0 saturated carbocycles. The summed E-state index contributed by atoms with van der Waals surface area (Å²) < 4.78 is 42.9. The molecule has 1 aromatic heterocycles. The van der Waals surface area contributed by atoms with Crippen molar-refractivity contribution in [1.82, 2.24) is 15.5 Å². The molecule has 0 bridgehead atoms. The predicted octanol–water partition coefficient (Wildman–Crippen LogP) is 3.59. The van der Waals surface area contributed by atoms with Crippen LogP contribution in [0.5, 0.6) is 0 Å². The van der Waals surface area contributed by atoms with Gasteiger partial charge in [-0.05, 0) is 38.1 Å². The SMILES string of the molecule is CNC(C)Cc1noc(C(C)Cc2ccc(C(F)(F)F)cc2)n1. The second-order valence-electron chi connectivity index (χ2n) is 5.74. The highest BCUT2D eigenvalue weighted by Crippen LogP contribution is 2.29. The molecule has 126 valence electrons. The zero-order valence-corrected chi connectivity index (χ0v) is 13.3. The van der Waals surface area contributed by atoms with Crippen molar-refractivity contribution in [2.45, 2.75) is 44.8 Å². The molecule has 0 amide bonds. The molecule has 2 rings (SSSR count). The van der Waals surface area contributed by atoms with Crippen molar-refractivity contribution in [2.75, 3.05) is 7.05 Å². The topological polar surface area (TPSA) is 51.0 Å². The van der Waals surface area contributed by atoms with Crippen LogP contribution in [0.2, 0.25) is 0 Å². The van der Waals surface area contributed by atoms with E-state index in [1.807, 2.05) is 20.9 Å². The second-order valence-corrected chi connectivity index (χ2v) is 5.74. The van der Waals surface area contributed by atoms with Crippen LogP contribution in [0.15, 0.2) is 28.8 Å². The number of aromatic nitrogens is 2. The van der Waals surface area contributed by atoms with Crippen molar-refractivity contribution >= 4 is 0 Å². The molecular formula is C16H20F3N3O. The van der Waals surface area contributed by atoms with Crippen molar-refractivity contribution in [3.8, 4) is 0 Å². The Morgan fingerprint density at radius 1 is 1.13 bits per heavy atom. The van der Waals surface area contributed by atoms with Crippen LogP contribution >= 0.6 is 0 Å². The van der Waals surface area contributed by atoms with Gasteiger partial charge in [-0.2, -0.15) is 18.2 Å². The molecule has 2 atom stereocenters. The highest BCUT2D eigenvalue weighted by atomic mass is 19.4. The number of hydrogen-bond donors (Lipinski definition) is 1. The van der Waals surface area contributed by atoms with Crippen molar-refractivity contribution in [1.29, 1.82) is 0 Å². The third-order valence-electron chi connectivity index (χ3n) is 3.71. The number of halogens is 3. The molecule has 0 aliphatic rings. The summed E-state index contributed by atoms with van der Waals surface area (Å²) in [5, 5.41) is 7.03. The number of likely N-dealkylation sites (N-methyl/N-ethyl adjacent to an activating group) is 1. The Balaban J connectivity index is 2.00. The lowest BCUT2D eigenvalue weighted by Gasteiger charge is -2.09. The van der Waals surface area contributed by atoms with E-state index >= 15 is 0 Å². The van der Waals surface area contributed by atoms with Gasteiger partial charge in [0.15, 0.2) is 5.82 Å². The Labute approximate surface area is 133 Å². The van der Waals surface area contributed by atoms with Gasteiger partial charge in [-0.25, -0.2) is 0 Å². The quantitative estimate of drug-likeness (QED) is 0.881. The molecule has 23 heavy (non-hydrogen) atoms. The zero-order valence-electron chi connectivity index (χ0n) is 13.3. The molecule has 2 aromatic rings. The molecule has 0 radical (unpaired) electrons. The molecular weight excluding hydrogens is 307 g/mol. The summed E-state index contributed by atoms with van der Waals surface area (Å²) in [6.07, 6.45) is -3.11. The Bertz CT molecular complexity index is 622. The number of rotatable bonds is 6. The lowest BCUT2D eigenvalue weighted by Crippen LogP contribution is -2.24. The Morgan fingerprint density at radius 2 is 1.78 bits per heavy atom. The van der Waals surface area contributed by atoms with Gasteiger partial charge in [0.25, 0.3) is 0 Å². The maximum absolute atomic E-state index is 12.5. The summed E-state index contributed by atoms with van der Waals surface area (Å²) in [4.78, 5) is 4.35. The number of alkyl halides is 3. The lowest BCUT2D eigenvalue weighted by atomic mass is 10.00. The molecule has 7 heteroatoms. The third-order valence-corrected chi connectivity index (χ3v) is 3.71. The summed E-state index contributed by atoms with van der Waals surface area (Å²) in [5.74, 6) is 1.07. The molecule has 0 spiro atoms. The number of hydrogen-bond acceptors (Lipinski definition) is 4. The van der Waals surface area contributed by atoms with Crippen LogP contribution in [0.3, 0.4) is 0 Å². The highest BCUT2D eigenvalue weighted by molar-refractivity contribution is 5.25. The minimum Gasteiger partial charge on any atom is -0.339 e. The van der Waals surface area contributed by atoms with E-state index < -0.39 is 11.7 Å². The summed E-state index contributed by atoms with van der Waals surface area (Å²) in [6.45, 7) is 3.93. The first-order valence-corrected chi connectivity index (χ1v) is 7.45. The van der Waals surface area contributed by atoms with Gasteiger partial charge in [0.05, 0.1) is 5.56 Å². The third kappa shape index (κ3) is 4.79. The first-order chi connectivity index (χ1) is 10.8. The van der Waals surface area contributed by atoms with Crippen molar-refractivity contribution in [2.24, 2.45) is 0 Å². The van der Waals surface area contributed by atoms with E-state index in [9.17, 15) is 13.2 Å². The monoisotopic (exact) mass is 327 g/mol. The summed E-state index contributed by atoms with van der Waals surface area (Å²) in [6, 6.07) is 5.40. The Hall–Kier alpha value is -1.89. The van der Waals surface area contributed by atoms with E-state index in [0.717, 1.165) is 17.7 Å². The van der Waals surface area contributed by atoms with Gasteiger partial charge in [0.1, 0.15) is 0 Å².